The van der Waals surface area contributed by atoms with Gasteiger partial charge < -0.3 is 4.90 Å². The number of anilines is 1. The van der Waals surface area contributed by atoms with Gasteiger partial charge in [-0.05, 0) is 49.3 Å². The quantitative estimate of drug-likeness (QED) is 0.748. The average Bonchev–Trinajstić information content (AvgIpc) is 2.32. The van der Waals surface area contributed by atoms with Crippen LogP contribution in [-0.2, 0) is 0 Å². The summed E-state index contributed by atoms with van der Waals surface area (Å²) >= 11 is 0. The van der Waals surface area contributed by atoms with Gasteiger partial charge in [-0.1, -0.05) is 19.9 Å². The van der Waals surface area contributed by atoms with E-state index in [1.54, 1.807) is 6.07 Å². The zero-order valence-electron chi connectivity index (χ0n) is 11.0. The highest BCUT2D eigenvalue weighted by Gasteiger charge is 2.23. The van der Waals surface area contributed by atoms with Crippen LogP contribution in [0.4, 0.5) is 10.1 Å². The van der Waals surface area contributed by atoms with Crippen molar-refractivity contribution in [2.24, 2.45) is 11.8 Å². The highest BCUT2D eigenvalue weighted by molar-refractivity contribution is 5.50. The molecular formula is C15H22FN. The van der Waals surface area contributed by atoms with Gasteiger partial charge in [0.2, 0.25) is 0 Å². The van der Waals surface area contributed by atoms with Gasteiger partial charge >= 0.3 is 0 Å². The van der Waals surface area contributed by atoms with Crippen molar-refractivity contribution in [2.45, 2.75) is 33.6 Å². The van der Waals surface area contributed by atoms with Crippen molar-refractivity contribution in [3.05, 3.63) is 29.6 Å². The van der Waals surface area contributed by atoms with Gasteiger partial charge in [-0.15, -0.1) is 0 Å². The van der Waals surface area contributed by atoms with E-state index in [4.69, 9.17) is 0 Å². The first-order valence-corrected chi connectivity index (χ1v) is 6.59. The normalized spacial score (nSPS) is 21.0. The molecule has 0 bridgehead atoms. The Balaban J connectivity index is 2.18. The summed E-state index contributed by atoms with van der Waals surface area (Å²) in [5.41, 5.74) is 1.92. The summed E-state index contributed by atoms with van der Waals surface area (Å²) in [4.78, 5) is 2.22. The molecule has 0 N–H and O–H groups in total. The Kier molecular flexibility index (Phi) is 3.70. The van der Waals surface area contributed by atoms with Crippen molar-refractivity contribution in [1.29, 1.82) is 0 Å². The summed E-state index contributed by atoms with van der Waals surface area (Å²) in [7, 11) is 0. The number of piperidine rings is 1. The number of nitrogens with zero attached hydrogens (tertiary/aromatic N) is 1. The monoisotopic (exact) mass is 235 g/mol. The van der Waals surface area contributed by atoms with Gasteiger partial charge in [0.1, 0.15) is 5.82 Å². The number of hydrogen-bond donors (Lipinski definition) is 0. The summed E-state index contributed by atoms with van der Waals surface area (Å²) in [6.07, 6.45) is 2.46. The minimum atomic E-state index is -0.0833. The maximum Gasteiger partial charge on any atom is 0.146 e. The second kappa shape index (κ2) is 5.07. The molecule has 1 aliphatic rings. The van der Waals surface area contributed by atoms with Crippen molar-refractivity contribution in [3.63, 3.8) is 0 Å². The Bertz CT molecular complexity index is 387. The first kappa shape index (κ1) is 12.4. The van der Waals surface area contributed by atoms with Crippen LogP contribution in [0.3, 0.4) is 0 Å². The first-order chi connectivity index (χ1) is 8.08. The smallest absolute Gasteiger partial charge is 0.146 e. The molecule has 2 rings (SSSR count). The van der Waals surface area contributed by atoms with E-state index in [1.807, 2.05) is 19.1 Å². The molecule has 1 atom stereocenters. The molecule has 0 aromatic heterocycles. The Labute approximate surface area is 104 Å². The number of hydrogen-bond acceptors (Lipinski definition) is 1. The zero-order valence-corrected chi connectivity index (χ0v) is 11.0. The lowest BCUT2D eigenvalue weighted by atomic mass is 9.87. The van der Waals surface area contributed by atoms with E-state index in [2.05, 4.69) is 18.7 Å². The van der Waals surface area contributed by atoms with Gasteiger partial charge in [0.15, 0.2) is 0 Å². The van der Waals surface area contributed by atoms with Gasteiger partial charge in [-0.3, -0.25) is 0 Å². The van der Waals surface area contributed by atoms with Gasteiger partial charge in [0, 0.05) is 13.1 Å². The molecule has 1 aromatic carbocycles. The van der Waals surface area contributed by atoms with Gasteiger partial charge in [0.25, 0.3) is 0 Å². The fourth-order valence-electron chi connectivity index (χ4n) is 2.64. The third kappa shape index (κ3) is 2.80. The van der Waals surface area contributed by atoms with Gasteiger partial charge in [-0.2, -0.15) is 0 Å². The van der Waals surface area contributed by atoms with Crippen LogP contribution in [0.5, 0.6) is 0 Å². The number of rotatable bonds is 2. The van der Waals surface area contributed by atoms with Crippen LogP contribution in [0.1, 0.15) is 32.3 Å². The lowest BCUT2D eigenvalue weighted by Crippen LogP contribution is -2.37. The van der Waals surface area contributed by atoms with E-state index in [1.165, 1.54) is 12.8 Å². The van der Waals surface area contributed by atoms with E-state index >= 15 is 0 Å². The van der Waals surface area contributed by atoms with Crippen LogP contribution in [0.15, 0.2) is 18.2 Å². The van der Waals surface area contributed by atoms with Crippen molar-refractivity contribution >= 4 is 5.69 Å². The Morgan fingerprint density at radius 3 is 2.82 bits per heavy atom. The van der Waals surface area contributed by atoms with E-state index in [9.17, 15) is 4.39 Å². The molecule has 0 amide bonds. The Morgan fingerprint density at radius 2 is 2.12 bits per heavy atom. The van der Waals surface area contributed by atoms with Crippen molar-refractivity contribution in [2.75, 3.05) is 18.0 Å². The molecule has 0 saturated carbocycles. The Morgan fingerprint density at radius 1 is 1.35 bits per heavy atom. The Hall–Kier alpha value is -1.05. The molecule has 1 unspecified atom stereocenters. The fraction of sp³-hybridized carbons (Fsp3) is 0.600. The standard InChI is InChI=1S/C15H22FN/c1-11(2)13-5-4-8-17(10-13)15-9-12(3)6-7-14(15)16/h6-7,9,11,13H,4-5,8,10H2,1-3H3. The number of benzene rings is 1. The molecule has 1 saturated heterocycles. The predicted molar refractivity (Wildman–Crippen MR) is 70.9 cm³/mol. The van der Waals surface area contributed by atoms with Gasteiger partial charge in [0.05, 0.1) is 5.69 Å². The predicted octanol–water partition coefficient (Wildman–Crippen LogP) is 4.01. The molecule has 0 radical (unpaired) electrons. The summed E-state index contributed by atoms with van der Waals surface area (Å²) < 4.78 is 13.8. The van der Waals surface area contributed by atoms with E-state index in [-0.39, 0.29) is 5.82 Å². The molecule has 1 aromatic rings. The third-order valence-corrected chi connectivity index (χ3v) is 3.84. The van der Waals surface area contributed by atoms with Crippen LogP contribution < -0.4 is 4.90 Å². The van der Waals surface area contributed by atoms with Crippen LogP contribution >= 0.6 is 0 Å². The van der Waals surface area contributed by atoms with E-state index < -0.39 is 0 Å². The zero-order chi connectivity index (χ0) is 12.4. The van der Waals surface area contributed by atoms with E-state index in [0.29, 0.717) is 11.8 Å². The molecule has 1 heterocycles. The molecule has 0 spiro atoms. The average molecular weight is 235 g/mol. The maximum atomic E-state index is 13.8. The molecule has 1 aliphatic heterocycles. The molecule has 17 heavy (non-hydrogen) atoms. The van der Waals surface area contributed by atoms with Crippen molar-refractivity contribution in [1.82, 2.24) is 0 Å². The topological polar surface area (TPSA) is 3.24 Å². The van der Waals surface area contributed by atoms with Crippen molar-refractivity contribution in [3.8, 4) is 0 Å². The van der Waals surface area contributed by atoms with Gasteiger partial charge in [-0.25, -0.2) is 4.39 Å². The largest absolute Gasteiger partial charge is 0.369 e. The van der Waals surface area contributed by atoms with Crippen LogP contribution in [0.2, 0.25) is 0 Å². The minimum Gasteiger partial charge on any atom is -0.369 e. The highest BCUT2D eigenvalue weighted by Crippen LogP contribution is 2.29. The van der Waals surface area contributed by atoms with E-state index in [0.717, 1.165) is 24.3 Å². The van der Waals surface area contributed by atoms with Crippen LogP contribution in [0.25, 0.3) is 0 Å². The first-order valence-electron chi connectivity index (χ1n) is 6.59. The second-order valence-corrected chi connectivity index (χ2v) is 5.55. The lowest BCUT2D eigenvalue weighted by molar-refractivity contribution is 0.320. The molecular weight excluding hydrogens is 213 g/mol. The second-order valence-electron chi connectivity index (χ2n) is 5.55. The molecule has 2 heteroatoms. The van der Waals surface area contributed by atoms with Crippen molar-refractivity contribution < 1.29 is 4.39 Å². The number of aryl methyl sites for hydroxylation is 1. The summed E-state index contributed by atoms with van der Waals surface area (Å²) in [6, 6.07) is 5.39. The third-order valence-electron chi connectivity index (χ3n) is 3.84. The molecule has 1 nitrogen and oxygen atoms in total. The summed E-state index contributed by atoms with van der Waals surface area (Å²) in [5.74, 6) is 1.30. The summed E-state index contributed by atoms with van der Waals surface area (Å²) in [5, 5.41) is 0. The van der Waals surface area contributed by atoms with Crippen LogP contribution in [0, 0.1) is 24.6 Å². The molecule has 0 aliphatic carbocycles. The summed E-state index contributed by atoms with van der Waals surface area (Å²) in [6.45, 7) is 8.54. The molecule has 94 valence electrons. The highest BCUT2D eigenvalue weighted by atomic mass is 19.1. The van der Waals surface area contributed by atoms with Crippen LogP contribution in [-0.4, -0.2) is 13.1 Å². The molecule has 1 fully saturated rings. The number of halogens is 1. The fourth-order valence-corrected chi connectivity index (χ4v) is 2.64. The maximum absolute atomic E-state index is 13.8. The lowest BCUT2D eigenvalue weighted by Gasteiger charge is -2.36. The minimum absolute atomic E-state index is 0.0833. The SMILES string of the molecule is Cc1ccc(F)c(N2CCCC(C(C)C)C2)c1.